The molecule has 0 unspecified atom stereocenters. The van der Waals surface area contributed by atoms with Gasteiger partial charge in [0.25, 0.3) is 5.82 Å². The maximum atomic E-state index is 14.3. The number of sulfonamides is 1. The van der Waals surface area contributed by atoms with E-state index >= 15 is 0 Å². The summed E-state index contributed by atoms with van der Waals surface area (Å²) in [6.45, 7) is 2.08. The second kappa shape index (κ2) is 12.6. The molecule has 0 spiro atoms. The van der Waals surface area contributed by atoms with Gasteiger partial charge in [0.15, 0.2) is 0 Å². The number of ether oxygens (including phenoxy) is 1. The van der Waals surface area contributed by atoms with Crippen LogP contribution in [-0.4, -0.2) is 36.9 Å². The maximum Gasteiger partial charge on any atom is 0.673 e. The van der Waals surface area contributed by atoms with Gasteiger partial charge in [-0.3, -0.25) is 0 Å². The van der Waals surface area contributed by atoms with Crippen molar-refractivity contribution in [1.29, 1.82) is 0 Å². The van der Waals surface area contributed by atoms with E-state index in [2.05, 4.69) is 4.57 Å². The smallest absolute Gasteiger partial charge is 0.497 e. The van der Waals surface area contributed by atoms with Crippen molar-refractivity contribution in [3.8, 4) is 11.4 Å². The van der Waals surface area contributed by atoms with Gasteiger partial charge in [0, 0.05) is 5.10 Å². The number of methoxy groups -OCH3 is 1. The Balaban J connectivity index is 0.000000712. The summed E-state index contributed by atoms with van der Waals surface area (Å²) in [6.07, 6.45) is 1.96. The van der Waals surface area contributed by atoms with Gasteiger partial charge in [-0.1, -0.05) is 83.0 Å². The summed E-state index contributed by atoms with van der Waals surface area (Å²) in [5, 5.41) is 4.88. The minimum absolute atomic E-state index is 0.127. The Morgan fingerprint density at radius 3 is 1.91 bits per heavy atom. The molecule has 6 rings (SSSR count). The van der Waals surface area contributed by atoms with Crippen molar-refractivity contribution >= 4 is 17.3 Å². The molecule has 0 radical (unpaired) electrons. The first-order valence-corrected chi connectivity index (χ1v) is 15.1. The Hall–Kier alpha value is -4.49. The topological polar surface area (TPSA) is 68.3 Å². The maximum absolute atomic E-state index is 14.3. The largest absolute Gasteiger partial charge is 0.673 e. The van der Waals surface area contributed by atoms with Gasteiger partial charge in [-0.05, 0) is 54.4 Å². The van der Waals surface area contributed by atoms with Gasteiger partial charge in [-0.15, -0.1) is 0 Å². The van der Waals surface area contributed by atoms with Crippen LogP contribution >= 0.6 is 0 Å². The normalized spacial score (nSPS) is 16.9. The number of hydrogen-bond donors (Lipinski definition) is 0. The van der Waals surface area contributed by atoms with E-state index in [0.29, 0.717) is 5.82 Å². The van der Waals surface area contributed by atoms with Crippen LogP contribution in [0.3, 0.4) is 0 Å². The van der Waals surface area contributed by atoms with Crippen molar-refractivity contribution in [3.05, 3.63) is 138 Å². The number of aromatic nitrogens is 3. The number of hydrogen-bond acceptors (Lipinski definition) is 4. The fourth-order valence-corrected chi connectivity index (χ4v) is 6.78. The van der Waals surface area contributed by atoms with E-state index in [-0.39, 0.29) is 17.5 Å². The van der Waals surface area contributed by atoms with Crippen LogP contribution in [0.5, 0.6) is 5.75 Å². The summed E-state index contributed by atoms with van der Waals surface area (Å²) >= 11 is 0. The Morgan fingerprint density at radius 1 is 0.818 bits per heavy atom. The number of rotatable bonds is 6. The molecule has 1 aliphatic heterocycles. The quantitative estimate of drug-likeness (QED) is 0.126. The number of fused-ring (bicyclic) bond motifs is 1. The van der Waals surface area contributed by atoms with Crippen molar-refractivity contribution < 1.29 is 35.0 Å². The molecule has 44 heavy (non-hydrogen) atoms. The first-order valence-electron chi connectivity index (χ1n) is 13.7. The van der Waals surface area contributed by atoms with E-state index in [9.17, 15) is 25.7 Å². The third-order valence-corrected chi connectivity index (χ3v) is 9.05. The van der Waals surface area contributed by atoms with Crippen molar-refractivity contribution in [2.24, 2.45) is 0 Å². The number of benzene rings is 4. The van der Waals surface area contributed by atoms with E-state index in [0.717, 1.165) is 28.1 Å². The van der Waals surface area contributed by atoms with Gasteiger partial charge >= 0.3 is 7.25 Å². The lowest BCUT2D eigenvalue weighted by Gasteiger charge is -2.38. The van der Waals surface area contributed by atoms with Gasteiger partial charge in [-0.2, -0.15) is 4.31 Å². The second-order valence-electron chi connectivity index (χ2n) is 10.2. The highest BCUT2D eigenvalue weighted by molar-refractivity contribution is 7.89. The summed E-state index contributed by atoms with van der Waals surface area (Å²) in [7, 11) is -8.24. The number of aryl methyl sites for hydroxylation is 1. The molecule has 1 aliphatic rings. The zero-order chi connectivity index (χ0) is 31.5. The summed E-state index contributed by atoms with van der Waals surface area (Å²) in [5.74, 6) is 1.41. The Kier molecular flexibility index (Phi) is 8.88. The van der Waals surface area contributed by atoms with Gasteiger partial charge < -0.3 is 22.0 Å². The molecular weight excluding hydrogens is 595 g/mol. The molecule has 0 amide bonds. The van der Waals surface area contributed by atoms with Crippen LogP contribution in [0.2, 0.25) is 0 Å². The third kappa shape index (κ3) is 6.84. The average Bonchev–Trinajstić information content (AvgIpc) is 3.44. The van der Waals surface area contributed by atoms with Gasteiger partial charge in [-0.25, -0.2) is 13.0 Å². The molecule has 2 heterocycles. The summed E-state index contributed by atoms with van der Waals surface area (Å²) in [4.78, 5) is 0.267. The zero-order valence-corrected chi connectivity index (χ0v) is 24.7. The van der Waals surface area contributed by atoms with Crippen molar-refractivity contribution in [1.82, 2.24) is 14.1 Å². The molecule has 1 aromatic heterocycles. The van der Waals surface area contributed by atoms with Gasteiger partial charge in [0.2, 0.25) is 16.4 Å². The lowest BCUT2D eigenvalue weighted by molar-refractivity contribution is -0.734. The minimum Gasteiger partial charge on any atom is -0.497 e. The summed E-state index contributed by atoms with van der Waals surface area (Å²) < 4.78 is 78.4. The highest BCUT2D eigenvalue weighted by Gasteiger charge is 2.47. The first kappa shape index (κ1) is 31.0. The molecule has 0 saturated heterocycles. The van der Waals surface area contributed by atoms with E-state index in [1.54, 1.807) is 28.2 Å². The predicted octanol–water partition coefficient (Wildman–Crippen LogP) is 6.31. The van der Waals surface area contributed by atoms with Crippen LogP contribution in [0, 0.1) is 6.92 Å². The Bertz CT molecular complexity index is 1800. The molecule has 7 nitrogen and oxygen atoms in total. The van der Waals surface area contributed by atoms with Crippen LogP contribution in [0.15, 0.2) is 120 Å². The van der Waals surface area contributed by atoms with E-state index in [1.165, 1.54) is 0 Å². The van der Waals surface area contributed by atoms with Gasteiger partial charge in [0.05, 0.1) is 18.0 Å². The lowest BCUT2D eigenvalue weighted by Crippen LogP contribution is -2.56. The van der Waals surface area contributed by atoms with Crippen LogP contribution in [0.4, 0.5) is 17.3 Å². The molecule has 2 atom stereocenters. The fourth-order valence-electron chi connectivity index (χ4n) is 5.21. The molecule has 0 aliphatic carbocycles. The van der Waals surface area contributed by atoms with E-state index in [1.807, 2.05) is 110 Å². The summed E-state index contributed by atoms with van der Waals surface area (Å²) in [5.41, 5.74) is 3.77. The molecule has 5 aromatic rings. The van der Waals surface area contributed by atoms with Crippen LogP contribution in [0.1, 0.15) is 34.6 Å². The fraction of sp³-hybridized carbons (Fsp3) is 0.161. The first-order chi connectivity index (χ1) is 21.0. The standard InChI is InChI=1S/C31H29N4O3S.BF4/c1-23-13-19-28(20-14-23)39(36,37)35-21-29-32-34(26-15-17-27(38-2)18-16-26)22-33(29)30(24-9-5-3-6-10-24)31(35)25-11-7-4-8-12-25;2-1(3,4)5/h3-20,22,30-31H,21H2,1-2H3;/q+1;-1/t30-,31-;/m1./s1. The number of nitrogens with zero attached hydrogens (tertiary/aromatic N) is 4. The van der Waals surface area contributed by atoms with Crippen molar-refractivity contribution in [2.45, 2.75) is 30.4 Å². The average molecular weight is 624 g/mol. The van der Waals surface area contributed by atoms with Crippen molar-refractivity contribution in [2.75, 3.05) is 7.11 Å². The molecule has 228 valence electrons. The Labute approximate surface area is 253 Å². The predicted molar refractivity (Wildman–Crippen MR) is 158 cm³/mol. The van der Waals surface area contributed by atoms with Gasteiger partial charge in [0.1, 0.15) is 24.0 Å². The molecule has 4 aromatic carbocycles. The molecule has 0 bridgehead atoms. The van der Waals surface area contributed by atoms with Crippen LogP contribution in [-0.2, 0) is 16.6 Å². The summed E-state index contributed by atoms with van der Waals surface area (Å²) in [6, 6.07) is 33.7. The molecule has 13 heteroatoms. The minimum atomic E-state index is -6.00. The highest BCUT2D eigenvalue weighted by Crippen LogP contribution is 2.41. The third-order valence-electron chi connectivity index (χ3n) is 7.21. The molecule has 0 fully saturated rings. The SMILES string of the molecule is COc1ccc(-n2c[n+]3c(n2)CN(S(=O)(=O)c2ccc(C)cc2)[C@H](c2ccccc2)[C@H]3c2ccccc2)cc1.F[B-](F)(F)F. The molecule has 0 N–H and O–H groups in total. The Morgan fingerprint density at radius 2 is 1.36 bits per heavy atom. The number of halogens is 4. The van der Waals surface area contributed by atoms with Crippen molar-refractivity contribution in [3.63, 3.8) is 0 Å². The highest BCUT2D eigenvalue weighted by atomic mass is 32.2. The molecule has 0 saturated carbocycles. The zero-order valence-electron chi connectivity index (χ0n) is 23.8. The van der Waals surface area contributed by atoms with E-state index in [4.69, 9.17) is 9.84 Å². The molecular formula is C31H29BF4N4O3S. The van der Waals surface area contributed by atoms with Crippen LogP contribution in [0.25, 0.3) is 5.69 Å². The van der Waals surface area contributed by atoms with E-state index < -0.39 is 23.3 Å². The lowest BCUT2D eigenvalue weighted by atomic mass is 9.91. The second-order valence-corrected chi connectivity index (χ2v) is 12.0. The monoisotopic (exact) mass is 624 g/mol. The van der Waals surface area contributed by atoms with Crippen LogP contribution < -0.4 is 9.30 Å².